The molecule has 0 saturated heterocycles. The van der Waals surface area contributed by atoms with Gasteiger partial charge in [-0.2, -0.15) is 0 Å². The van der Waals surface area contributed by atoms with Crippen LogP contribution in [0, 0.1) is 0 Å². The Balaban J connectivity index is 2.03. The molecule has 1 N–H and O–H groups in total. The van der Waals surface area contributed by atoms with Gasteiger partial charge in [0.1, 0.15) is 4.70 Å². The number of rotatable bonds is 3. The summed E-state index contributed by atoms with van der Waals surface area (Å²) in [6.45, 7) is 2.39. The Morgan fingerprint density at radius 3 is 2.70 bits per heavy atom. The fourth-order valence-corrected chi connectivity index (χ4v) is 3.09. The number of thiophene rings is 1. The summed E-state index contributed by atoms with van der Waals surface area (Å²) < 4.78 is 1.89. The van der Waals surface area contributed by atoms with Gasteiger partial charge >= 0.3 is 5.69 Å². The number of aromatic amines is 1. The molecule has 0 aliphatic carbocycles. The summed E-state index contributed by atoms with van der Waals surface area (Å²) in [5.74, 6) is 0.104. The van der Waals surface area contributed by atoms with Crippen LogP contribution in [0.1, 0.15) is 18.4 Å². The number of fused-ring (bicyclic) bond motifs is 1. The standard InChI is InChI=1S/C15H14N2O2S/c1-10(11-5-3-2-4-6-11)9-17-14(18)13-12(7-8-20-13)16-15(17)19/h2-8,10H,9H2,1H3,(H,16,19). The fourth-order valence-electron chi connectivity index (χ4n) is 2.30. The van der Waals surface area contributed by atoms with Crippen molar-refractivity contribution in [3.8, 4) is 0 Å². The van der Waals surface area contributed by atoms with E-state index < -0.39 is 0 Å². The van der Waals surface area contributed by atoms with E-state index in [-0.39, 0.29) is 17.2 Å². The molecule has 3 rings (SSSR count). The summed E-state index contributed by atoms with van der Waals surface area (Å²) in [4.78, 5) is 27.1. The number of aromatic nitrogens is 2. The van der Waals surface area contributed by atoms with Crippen molar-refractivity contribution in [1.29, 1.82) is 0 Å². The first-order chi connectivity index (χ1) is 9.66. The molecule has 1 atom stereocenters. The largest absolute Gasteiger partial charge is 0.328 e. The van der Waals surface area contributed by atoms with E-state index in [1.165, 1.54) is 15.9 Å². The minimum absolute atomic E-state index is 0.104. The van der Waals surface area contributed by atoms with Gasteiger partial charge in [0, 0.05) is 6.54 Å². The monoisotopic (exact) mass is 286 g/mol. The normalized spacial score (nSPS) is 12.7. The SMILES string of the molecule is CC(Cn1c(=O)[nH]c2ccsc2c1=O)c1ccccc1. The van der Waals surface area contributed by atoms with Gasteiger partial charge < -0.3 is 4.98 Å². The number of nitrogens with zero attached hydrogens (tertiary/aromatic N) is 1. The zero-order valence-corrected chi connectivity index (χ0v) is 11.8. The first kappa shape index (κ1) is 12.9. The Hall–Kier alpha value is -2.14. The highest BCUT2D eigenvalue weighted by Gasteiger charge is 2.12. The number of nitrogens with one attached hydrogen (secondary N) is 1. The molecule has 5 heteroatoms. The molecule has 0 amide bonds. The number of hydrogen-bond donors (Lipinski definition) is 1. The summed E-state index contributed by atoms with van der Waals surface area (Å²) in [6.07, 6.45) is 0. The Morgan fingerprint density at radius 1 is 1.20 bits per heavy atom. The van der Waals surface area contributed by atoms with E-state index in [4.69, 9.17) is 0 Å². The molecule has 1 unspecified atom stereocenters. The van der Waals surface area contributed by atoms with E-state index >= 15 is 0 Å². The van der Waals surface area contributed by atoms with Gasteiger partial charge in [-0.3, -0.25) is 9.36 Å². The lowest BCUT2D eigenvalue weighted by molar-refractivity contribution is 0.560. The van der Waals surface area contributed by atoms with Crippen molar-refractivity contribution >= 4 is 21.6 Å². The van der Waals surface area contributed by atoms with Crippen LogP contribution in [-0.2, 0) is 6.54 Å². The second-order valence-corrected chi connectivity index (χ2v) is 5.74. The van der Waals surface area contributed by atoms with Crippen LogP contribution in [0.5, 0.6) is 0 Å². The molecular weight excluding hydrogens is 272 g/mol. The summed E-state index contributed by atoms with van der Waals surface area (Å²) in [7, 11) is 0. The predicted molar refractivity (Wildman–Crippen MR) is 81.6 cm³/mol. The third-order valence-corrected chi connectivity index (χ3v) is 4.32. The zero-order valence-electron chi connectivity index (χ0n) is 11.0. The minimum Gasteiger partial charge on any atom is -0.306 e. The zero-order chi connectivity index (χ0) is 14.1. The van der Waals surface area contributed by atoms with E-state index in [2.05, 4.69) is 4.98 Å². The lowest BCUT2D eigenvalue weighted by atomic mass is 10.0. The maximum atomic E-state index is 12.3. The summed E-state index contributed by atoms with van der Waals surface area (Å²) in [5.41, 5.74) is 1.18. The molecule has 20 heavy (non-hydrogen) atoms. The Morgan fingerprint density at radius 2 is 1.95 bits per heavy atom. The van der Waals surface area contributed by atoms with Crippen molar-refractivity contribution in [1.82, 2.24) is 9.55 Å². The van der Waals surface area contributed by atoms with Gasteiger partial charge in [-0.1, -0.05) is 37.3 Å². The van der Waals surface area contributed by atoms with Gasteiger partial charge in [0.15, 0.2) is 0 Å². The van der Waals surface area contributed by atoms with E-state index in [0.717, 1.165) is 5.56 Å². The van der Waals surface area contributed by atoms with Gasteiger partial charge in [0.25, 0.3) is 5.56 Å². The lowest BCUT2D eigenvalue weighted by Crippen LogP contribution is -2.35. The van der Waals surface area contributed by atoms with Crippen LogP contribution in [0.4, 0.5) is 0 Å². The van der Waals surface area contributed by atoms with Gasteiger partial charge in [-0.25, -0.2) is 4.79 Å². The van der Waals surface area contributed by atoms with Crippen molar-refractivity contribution < 1.29 is 0 Å². The molecule has 0 bridgehead atoms. The topological polar surface area (TPSA) is 54.9 Å². The van der Waals surface area contributed by atoms with Crippen LogP contribution in [-0.4, -0.2) is 9.55 Å². The first-order valence-electron chi connectivity index (χ1n) is 6.42. The minimum atomic E-state index is -0.344. The van der Waals surface area contributed by atoms with Crippen LogP contribution < -0.4 is 11.2 Å². The Kier molecular flexibility index (Phi) is 3.28. The smallest absolute Gasteiger partial charge is 0.306 e. The molecule has 0 fully saturated rings. The Bertz CT molecular complexity index is 845. The maximum Gasteiger partial charge on any atom is 0.328 e. The molecule has 0 aliphatic rings. The number of benzene rings is 1. The fraction of sp³-hybridized carbons (Fsp3) is 0.200. The molecule has 2 aromatic heterocycles. The average Bonchev–Trinajstić information content (AvgIpc) is 2.92. The van der Waals surface area contributed by atoms with Crippen LogP contribution in [0.25, 0.3) is 10.2 Å². The molecule has 4 nitrogen and oxygen atoms in total. The predicted octanol–water partition coefficient (Wildman–Crippen LogP) is 2.56. The second kappa shape index (κ2) is 5.09. The highest BCUT2D eigenvalue weighted by atomic mass is 32.1. The number of H-pyrrole nitrogens is 1. The number of hydrogen-bond acceptors (Lipinski definition) is 3. The molecule has 3 aromatic rings. The summed E-state index contributed by atoms with van der Waals surface area (Å²) >= 11 is 1.36. The Labute approximate surface area is 119 Å². The molecule has 1 aromatic carbocycles. The van der Waals surface area contributed by atoms with E-state index in [1.54, 1.807) is 6.07 Å². The van der Waals surface area contributed by atoms with E-state index in [0.29, 0.717) is 16.8 Å². The van der Waals surface area contributed by atoms with Crippen molar-refractivity contribution in [3.05, 3.63) is 68.2 Å². The molecule has 0 spiro atoms. The van der Waals surface area contributed by atoms with Gasteiger partial charge in [0.05, 0.1) is 5.52 Å². The molecular formula is C15H14N2O2S. The van der Waals surface area contributed by atoms with Crippen LogP contribution >= 0.6 is 11.3 Å². The molecule has 0 radical (unpaired) electrons. The molecule has 0 saturated carbocycles. The third kappa shape index (κ3) is 2.20. The lowest BCUT2D eigenvalue weighted by Gasteiger charge is -2.13. The maximum absolute atomic E-state index is 12.3. The van der Waals surface area contributed by atoms with Crippen molar-refractivity contribution in [2.45, 2.75) is 19.4 Å². The van der Waals surface area contributed by atoms with Crippen molar-refractivity contribution in [2.24, 2.45) is 0 Å². The van der Waals surface area contributed by atoms with Crippen LogP contribution in [0.2, 0.25) is 0 Å². The highest BCUT2D eigenvalue weighted by molar-refractivity contribution is 7.17. The van der Waals surface area contributed by atoms with E-state index in [9.17, 15) is 9.59 Å². The van der Waals surface area contributed by atoms with Gasteiger partial charge in [-0.15, -0.1) is 11.3 Å². The quantitative estimate of drug-likeness (QED) is 0.804. The molecule has 0 aliphatic heterocycles. The van der Waals surface area contributed by atoms with Gasteiger partial charge in [-0.05, 0) is 22.9 Å². The summed E-state index contributed by atoms with van der Waals surface area (Å²) in [5, 5.41) is 1.81. The van der Waals surface area contributed by atoms with Crippen LogP contribution in [0.15, 0.2) is 51.4 Å². The second-order valence-electron chi connectivity index (χ2n) is 4.82. The first-order valence-corrected chi connectivity index (χ1v) is 7.30. The molecule has 2 heterocycles. The van der Waals surface area contributed by atoms with Crippen molar-refractivity contribution in [2.75, 3.05) is 0 Å². The van der Waals surface area contributed by atoms with Crippen molar-refractivity contribution in [3.63, 3.8) is 0 Å². The average molecular weight is 286 g/mol. The molecule has 102 valence electrons. The summed E-state index contributed by atoms with van der Waals surface area (Å²) in [6, 6.07) is 11.6. The van der Waals surface area contributed by atoms with Gasteiger partial charge in [0.2, 0.25) is 0 Å². The van der Waals surface area contributed by atoms with E-state index in [1.807, 2.05) is 42.6 Å². The third-order valence-electron chi connectivity index (χ3n) is 3.42. The van der Waals surface area contributed by atoms with Crippen LogP contribution in [0.3, 0.4) is 0 Å². The highest BCUT2D eigenvalue weighted by Crippen LogP contribution is 2.16.